The molecular formula is C9H9BrClNO5S. The van der Waals surface area contributed by atoms with E-state index in [-0.39, 0.29) is 33.1 Å². The van der Waals surface area contributed by atoms with Gasteiger partial charge in [-0.15, -0.1) is 0 Å². The normalized spacial score (nSPS) is 11.5. The van der Waals surface area contributed by atoms with Crippen molar-refractivity contribution >= 4 is 43.5 Å². The number of rotatable bonds is 5. The summed E-state index contributed by atoms with van der Waals surface area (Å²) >= 11 is 8.72. The van der Waals surface area contributed by atoms with Crippen molar-refractivity contribution in [2.24, 2.45) is 0 Å². The van der Waals surface area contributed by atoms with Gasteiger partial charge in [0, 0.05) is 11.0 Å². The van der Waals surface area contributed by atoms with E-state index in [1.165, 1.54) is 6.07 Å². The molecule has 0 saturated heterocycles. The monoisotopic (exact) mass is 357 g/mol. The molecule has 0 aliphatic carbocycles. The maximum atomic E-state index is 11.8. The molecule has 0 aromatic heterocycles. The van der Waals surface area contributed by atoms with E-state index in [4.69, 9.17) is 21.8 Å². The summed E-state index contributed by atoms with van der Waals surface area (Å²) in [5.74, 6) is -1.33. The van der Waals surface area contributed by atoms with Gasteiger partial charge in [0.1, 0.15) is 0 Å². The molecule has 0 spiro atoms. The SMILES string of the molecule is O=C(O)c1cc(S(=O)(=O)NCCO)cc(Br)c1Cl. The number of carboxylic acid groups (broad SMARTS) is 1. The maximum Gasteiger partial charge on any atom is 0.337 e. The van der Waals surface area contributed by atoms with Gasteiger partial charge in [0.05, 0.1) is 22.1 Å². The van der Waals surface area contributed by atoms with E-state index in [1.807, 2.05) is 0 Å². The highest BCUT2D eigenvalue weighted by atomic mass is 79.9. The highest BCUT2D eigenvalue weighted by Gasteiger charge is 2.20. The molecule has 0 atom stereocenters. The summed E-state index contributed by atoms with van der Waals surface area (Å²) in [4.78, 5) is 10.7. The summed E-state index contributed by atoms with van der Waals surface area (Å²) in [7, 11) is -3.88. The first-order valence-corrected chi connectivity index (χ1v) is 7.28. The molecule has 0 unspecified atom stereocenters. The fraction of sp³-hybridized carbons (Fsp3) is 0.222. The number of carbonyl (C=O) groups is 1. The fourth-order valence-electron chi connectivity index (χ4n) is 1.14. The number of aliphatic hydroxyl groups excluding tert-OH is 1. The van der Waals surface area contributed by atoms with E-state index in [0.717, 1.165) is 6.07 Å². The van der Waals surface area contributed by atoms with Crippen molar-refractivity contribution in [3.8, 4) is 0 Å². The summed E-state index contributed by atoms with van der Waals surface area (Å²) in [6, 6.07) is 2.14. The number of hydrogen-bond donors (Lipinski definition) is 3. The van der Waals surface area contributed by atoms with Gasteiger partial charge in [-0.25, -0.2) is 17.9 Å². The molecule has 0 aliphatic heterocycles. The van der Waals surface area contributed by atoms with E-state index in [9.17, 15) is 13.2 Å². The van der Waals surface area contributed by atoms with Crippen LogP contribution in [-0.4, -0.2) is 37.8 Å². The molecule has 18 heavy (non-hydrogen) atoms. The molecule has 1 rings (SSSR count). The topological polar surface area (TPSA) is 104 Å². The van der Waals surface area contributed by atoms with Crippen LogP contribution in [0.1, 0.15) is 10.4 Å². The molecular weight excluding hydrogens is 350 g/mol. The van der Waals surface area contributed by atoms with Gasteiger partial charge in [0.25, 0.3) is 0 Å². The second kappa shape index (κ2) is 5.98. The van der Waals surface area contributed by atoms with E-state index < -0.39 is 16.0 Å². The van der Waals surface area contributed by atoms with Crippen molar-refractivity contribution in [1.29, 1.82) is 0 Å². The number of aromatic carboxylic acids is 1. The molecule has 1 aromatic rings. The Morgan fingerprint density at radius 2 is 2.06 bits per heavy atom. The van der Waals surface area contributed by atoms with Crippen molar-refractivity contribution in [1.82, 2.24) is 4.72 Å². The number of sulfonamides is 1. The van der Waals surface area contributed by atoms with Crippen LogP contribution in [0.2, 0.25) is 5.02 Å². The molecule has 0 radical (unpaired) electrons. The molecule has 3 N–H and O–H groups in total. The van der Waals surface area contributed by atoms with Crippen LogP contribution in [0.15, 0.2) is 21.5 Å². The van der Waals surface area contributed by atoms with Crippen LogP contribution in [0.3, 0.4) is 0 Å². The third-order valence-electron chi connectivity index (χ3n) is 1.95. The van der Waals surface area contributed by atoms with E-state index in [1.54, 1.807) is 0 Å². The van der Waals surface area contributed by atoms with Crippen LogP contribution in [0.4, 0.5) is 0 Å². The molecule has 0 aliphatic rings. The highest BCUT2D eigenvalue weighted by molar-refractivity contribution is 9.10. The van der Waals surface area contributed by atoms with Crippen molar-refractivity contribution in [2.45, 2.75) is 4.90 Å². The second-order valence-corrected chi connectivity index (χ2v) is 6.19. The van der Waals surface area contributed by atoms with Crippen molar-refractivity contribution in [3.63, 3.8) is 0 Å². The predicted molar refractivity (Wildman–Crippen MR) is 68.4 cm³/mol. The van der Waals surface area contributed by atoms with Gasteiger partial charge in [-0.3, -0.25) is 0 Å². The Kier molecular flexibility index (Phi) is 5.11. The van der Waals surface area contributed by atoms with Gasteiger partial charge in [-0.1, -0.05) is 11.6 Å². The van der Waals surface area contributed by atoms with Crippen LogP contribution < -0.4 is 4.72 Å². The molecule has 0 fully saturated rings. The third kappa shape index (κ3) is 3.42. The molecule has 0 heterocycles. The summed E-state index contributed by atoms with van der Waals surface area (Å²) in [6.07, 6.45) is 0. The van der Waals surface area contributed by atoms with Crippen LogP contribution >= 0.6 is 27.5 Å². The minimum atomic E-state index is -3.88. The molecule has 9 heteroatoms. The smallest absolute Gasteiger partial charge is 0.337 e. The Balaban J connectivity index is 3.31. The Morgan fingerprint density at radius 1 is 1.44 bits per heavy atom. The summed E-state index contributed by atoms with van der Waals surface area (Å²) in [6.45, 7) is -0.523. The van der Waals surface area contributed by atoms with Gasteiger partial charge >= 0.3 is 5.97 Å². The molecule has 0 amide bonds. The number of nitrogens with one attached hydrogen (secondary N) is 1. The number of carboxylic acids is 1. The lowest BCUT2D eigenvalue weighted by Crippen LogP contribution is -2.26. The lowest BCUT2D eigenvalue weighted by atomic mass is 10.2. The van der Waals surface area contributed by atoms with Gasteiger partial charge in [0.15, 0.2) is 0 Å². The quantitative estimate of drug-likeness (QED) is 0.730. The van der Waals surface area contributed by atoms with Crippen LogP contribution in [0.25, 0.3) is 0 Å². The van der Waals surface area contributed by atoms with Crippen LogP contribution in [0.5, 0.6) is 0 Å². The Hall–Kier alpha value is -0.670. The molecule has 0 bridgehead atoms. The van der Waals surface area contributed by atoms with Gasteiger partial charge in [0.2, 0.25) is 10.0 Å². The molecule has 6 nitrogen and oxygen atoms in total. The lowest BCUT2D eigenvalue weighted by molar-refractivity contribution is 0.0696. The summed E-state index contributed by atoms with van der Waals surface area (Å²) in [5.41, 5.74) is -0.324. The lowest BCUT2D eigenvalue weighted by Gasteiger charge is -2.08. The number of benzene rings is 1. The zero-order chi connectivity index (χ0) is 13.9. The van der Waals surface area contributed by atoms with Crippen LogP contribution in [-0.2, 0) is 10.0 Å². The summed E-state index contributed by atoms with van der Waals surface area (Å²) in [5, 5.41) is 17.4. The second-order valence-electron chi connectivity index (χ2n) is 3.19. The predicted octanol–water partition coefficient (Wildman–Crippen LogP) is 1.07. The first-order valence-electron chi connectivity index (χ1n) is 4.62. The van der Waals surface area contributed by atoms with Gasteiger partial charge in [-0.2, -0.15) is 0 Å². The molecule has 100 valence electrons. The molecule has 1 aromatic carbocycles. The van der Waals surface area contributed by atoms with E-state index in [0.29, 0.717) is 0 Å². The first kappa shape index (κ1) is 15.4. The van der Waals surface area contributed by atoms with E-state index in [2.05, 4.69) is 20.7 Å². The van der Waals surface area contributed by atoms with E-state index >= 15 is 0 Å². The average molecular weight is 359 g/mol. The van der Waals surface area contributed by atoms with Crippen molar-refractivity contribution in [2.75, 3.05) is 13.2 Å². The Labute approximate surface area is 117 Å². The standard InChI is InChI=1S/C9H9BrClNO5S/c10-7-4-5(18(16,17)12-1-2-13)3-6(8(7)11)9(14)15/h3-4,12-13H,1-2H2,(H,14,15). The zero-order valence-electron chi connectivity index (χ0n) is 8.85. The number of hydrogen-bond acceptors (Lipinski definition) is 4. The maximum absolute atomic E-state index is 11.8. The Morgan fingerprint density at radius 3 is 2.56 bits per heavy atom. The zero-order valence-corrected chi connectivity index (χ0v) is 12.0. The van der Waals surface area contributed by atoms with Crippen LogP contribution in [0, 0.1) is 0 Å². The number of halogens is 2. The van der Waals surface area contributed by atoms with Crippen molar-refractivity contribution < 1.29 is 23.4 Å². The Bertz CT molecular complexity index is 575. The minimum Gasteiger partial charge on any atom is -0.478 e. The highest BCUT2D eigenvalue weighted by Crippen LogP contribution is 2.29. The largest absolute Gasteiger partial charge is 0.478 e. The average Bonchev–Trinajstić information content (AvgIpc) is 2.29. The van der Waals surface area contributed by atoms with Gasteiger partial charge in [-0.05, 0) is 28.1 Å². The first-order chi connectivity index (χ1) is 8.29. The fourth-order valence-corrected chi connectivity index (χ4v) is 3.01. The summed E-state index contributed by atoms with van der Waals surface area (Å²) < 4.78 is 25.8. The minimum absolute atomic E-state index is 0.0800. The van der Waals surface area contributed by atoms with Crippen molar-refractivity contribution in [3.05, 3.63) is 27.2 Å². The molecule has 0 saturated carbocycles. The van der Waals surface area contributed by atoms with Gasteiger partial charge < -0.3 is 10.2 Å². The number of aliphatic hydroxyl groups is 1. The third-order valence-corrected chi connectivity index (χ3v) is 4.65.